The van der Waals surface area contributed by atoms with Gasteiger partial charge in [0.1, 0.15) is 6.26 Å². The van der Waals surface area contributed by atoms with Gasteiger partial charge in [0.05, 0.1) is 12.9 Å². The maximum Gasteiger partial charge on any atom is 0.707 e. The van der Waals surface area contributed by atoms with Crippen molar-refractivity contribution in [3.05, 3.63) is 12.5 Å². The zero-order valence-corrected chi connectivity index (χ0v) is 5.15. The summed E-state index contributed by atoms with van der Waals surface area (Å²) in [4.78, 5) is 0. The van der Waals surface area contributed by atoms with E-state index in [0.717, 1.165) is 6.26 Å². The van der Waals surface area contributed by atoms with Crippen LogP contribution in [0.25, 0.3) is 0 Å². The third-order valence-corrected chi connectivity index (χ3v) is 0.519. The molecule has 52 valence electrons. The minimum absolute atomic E-state index is 0.529. The SMILES string of the molecule is CCOC=COB(O)O. The molecule has 0 aliphatic carbocycles. The monoisotopic (exact) mass is 132 g/mol. The van der Waals surface area contributed by atoms with Crippen LogP contribution < -0.4 is 0 Å². The summed E-state index contributed by atoms with van der Waals surface area (Å²) in [6.45, 7) is 2.33. The third kappa shape index (κ3) is 7.32. The Kier molecular flexibility index (Phi) is 5.05. The highest BCUT2D eigenvalue weighted by Crippen LogP contribution is 1.79. The van der Waals surface area contributed by atoms with E-state index < -0.39 is 7.32 Å². The van der Waals surface area contributed by atoms with Crippen LogP contribution in [0.5, 0.6) is 0 Å². The van der Waals surface area contributed by atoms with Crippen molar-refractivity contribution in [1.82, 2.24) is 0 Å². The largest absolute Gasteiger partial charge is 0.707 e. The summed E-state index contributed by atoms with van der Waals surface area (Å²) in [6, 6.07) is 0. The first-order valence-corrected chi connectivity index (χ1v) is 2.55. The number of hydrogen-bond acceptors (Lipinski definition) is 4. The van der Waals surface area contributed by atoms with E-state index in [0.29, 0.717) is 6.61 Å². The van der Waals surface area contributed by atoms with Crippen LogP contribution in [-0.2, 0) is 9.39 Å². The molecule has 0 bridgehead atoms. The van der Waals surface area contributed by atoms with E-state index in [1.165, 1.54) is 6.26 Å². The first-order chi connectivity index (χ1) is 4.27. The second kappa shape index (κ2) is 5.46. The molecule has 0 aliphatic heterocycles. The van der Waals surface area contributed by atoms with Crippen molar-refractivity contribution in [2.75, 3.05) is 6.61 Å². The van der Waals surface area contributed by atoms with E-state index in [4.69, 9.17) is 10.0 Å². The van der Waals surface area contributed by atoms with Crippen LogP contribution in [0.2, 0.25) is 0 Å². The van der Waals surface area contributed by atoms with Crippen molar-refractivity contribution >= 4 is 7.32 Å². The van der Waals surface area contributed by atoms with Gasteiger partial charge in [-0.15, -0.1) is 0 Å². The number of ether oxygens (including phenoxy) is 1. The Morgan fingerprint density at radius 2 is 2.11 bits per heavy atom. The van der Waals surface area contributed by atoms with E-state index in [9.17, 15) is 0 Å². The van der Waals surface area contributed by atoms with Crippen LogP contribution in [0.15, 0.2) is 12.5 Å². The molecule has 0 aromatic rings. The van der Waals surface area contributed by atoms with Crippen LogP contribution in [0.3, 0.4) is 0 Å². The van der Waals surface area contributed by atoms with Crippen molar-refractivity contribution in [3.63, 3.8) is 0 Å². The summed E-state index contributed by atoms with van der Waals surface area (Å²) in [5, 5.41) is 16.2. The lowest BCUT2D eigenvalue weighted by Gasteiger charge is -1.95. The highest BCUT2D eigenvalue weighted by Gasteiger charge is 2.05. The van der Waals surface area contributed by atoms with Crippen molar-refractivity contribution in [3.8, 4) is 0 Å². The fraction of sp³-hybridized carbons (Fsp3) is 0.500. The summed E-state index contributed by atoms with van der Waals surface area (Å²) in [7, 11) is -1.76. The fourth-order valence-electron chi connectivity index (χ4n) is 0.238. The van der Waals surface area contributed by atoms with Crippen LogP contribution in [0, 0.1) is 0 Å². The molecule has 0 saturated carbocycles. The average molecular weight is 132 g/mol. The lowest BCUT2D eigenvalue weighted by Crippen LogP contribution is -2.12. The first-order valence-electron chi connectivity index (χ1n) is 2.55. The second-order valence-electron chi connectivity index (χ2n) is 1.19. The van der Waals surface area contributed by atoms with Crippen LogP contribution >= 0.6 is 0 Å². The van der Waals surface area contributed by atoms with Gasteiger partial charge in [-0.25, -0.2) is 0 Å². The lowest BCUT2D eigenvalue weighted by molar-refractivity contribution is 0.228. The zero-order valence-electron chi connectivity index (χ0n) is 5.15. The molecular weight excluding hydrogens is 123 g/mol. The van der Waals surface area contributed by atoms with Gasteiger partial charge >= 0.3 is 7.32 Å². The van der Waals surface area contributed by atoms with Crippen molar-refractivity contribution in [1.29, 1.82) is 0 Å². The maximum absolute atomic E-state index is 8.08. The summed E-state index contributed by atoms with van der Waals surface area (Å²) in [5.41, 5.74) is 0. The Morgan fingerprint density at radius 1 is 1.44 bits per heavy atom. The third-order valence-electron chi connectivity index (χ3n) is 0.519. The average Bonchev–Trinajstić information content (AvgIpc) is 1.80. The lowest BCUT2D eigenvalue weighted by atomic mass is 10.3. The molecule has 9 heavy (non-hydrogen) atoms. The van der Waals surface area contributed by atoms with E-state index in [1.54, 1.807) is 6.92 Å². The smallest absolute Gasteiger partial charge is 0.515 e. The van der Waals surface area contributed by atoms with Crippen LogP contribution in [0.1, 0.15) is 6.92 Å². The molecule has 0 amide bonds. The minimum atomic E-state index is -1.76. The zero-order chi connectivity index (χ0) is 7.11. The van der Waals surface area contributed by atoms with Crippen LogP contribution in [0.4, 0.5) is 0 Å². The summed E-state index contributed by atoms with van der Waals surface area (Å²) < 4.78 is 8.81. The van der Waals surface area contributed by atoms with Gasteiger partial charge in [-0.3, -0.25) is 0 Å². The molecule has 4 nitrogen and oxygen atoms in total. The summed E-state index contributed by atoms with van der Waals surface area (Å²) in [6.07, 6.45) is 2.30. The molecule has 0 heterocycles. The molecule has 0 unspecified atom stereocenters. The molecule has 0 spiro atoms. The van der Waals surface area contributed by atoms with Crippen molar-refractivity contribution < 1.29 is 19.4 Å². The van der Waals surface area contributed by atoms with Crippen molar-refractivity contribution in [2.24, 2.45) is 0 Å². The molecule has 0 fully saturated rings. The van der Waals surface area contributed by atoms with Gasteiger partial charge in [-0.2, -0.15) is 0 Å². The molecule has 0 aliphatic rings. The molecule has 0 radical (unpaired) electrons. The fourth-order valence-corrected chi connectivity index (χ4v) is 0.238. The normalized spacial score (nSPS) is 9.67. The highest BCUT2D eigenvalue weighted by atomic mass is 16.6. The van der Waals surface area contributed by atoms with Gasteiger partial charge in [0.2, 0.25) is 0 Å². The number of hydrogen-bond donors (Lipinski definition) is 2. The van der Waals surface area contributed by atoms with Gasteiger partial charge in [0.25, 0.3) is 0 Å². The van der Waals surface area contributed by atoms with E-state index in [-0.39, 0.29) is 0 Å². The molecule has 5 heteroatoms. The number of rotatable bonds is 4. The summed E-state index contributed by atoms with van der Waals surface area (Å²) in [5.74, 6) is 0. The van der Waals surface area contributed by atoms with Crippen LogP contribution in [-0.4, -0.2) is 24.0 Å². The predicted molar refractivity (Wildman–Crippen MR) is 32.0 cm³/mol. The molecular formula is C4H9BO4. The topological polar surface area (TPSA) is 58.9 Å². The molecule has 0 rings (SSSR count). The Balaban J connectivity index is 3.04. The maximum atomic E-state index is 8.08. The summed E-state index contributed by atoms with van der Waals surface area (Å²) >= 11 is 0. The molecule has 0 aromatic heterocycles. The van der Waals surface area contributed by atoms with E-state index in [2.05, 4.69) is 9.39 Å². The van der Waals surface area contributed by atoms with E-state index in [1.807, 2.05) is 0 Å². The molecule has 0 atom stereocenters. The quantitative estimate of drug-likeness (QED) is 0.399. The molecule has 2 N–H and O–H groups in total. The van der Waals surface area contributed by atoms with Crippen molar-refractivity contribution in [2.45, 2.75) is 6.92 Å². The Bertz CT molecular complexity index is 82.6. The highest BCUT2D eigenvalue weighted by molar-refractivity contribution is 6.32. The van der Waals surface area contributed by atoms with Gasteiger partial charge in [-0.05, 0) is 6.92 Å². The van der Waals surface area contributed by atoms with Gasteiger partial charge in [0, 0.05) is 0 Å². The predicted octanol–water partition coefficient (Wildman–Crippen LogP) is -0.520. The van der Waals surface area contributed by atoms with Gasteiger partial charge in [-0.1, -0.05) is 0 Å². The van der Waals surface area contributed by atoms with E-state index >= 15 is 0 Å². The Morgan fingerprint density at radius 3 is 2.56 bits per heavy atom. The molecule has 0 aromatic carbocycles. The standard InChI is InChI=1S/C4H9BO4/c1-2-8-3-4-9-5(6)7/h3-4,6-7H,2H2,1H3. The second-order valence-corrected chi connectivity index (χ2v) is 1.19. The van der Waals surface area contributed by atoms with Gasteiger partial charge in [0.15, 0.2) is 0 Å². The Labute approximate surface area is 53.9 Å². The first kappa shape index (κ1) is 8.32. The molecule has 0 saturated heterocycles. The van der Waals surface area contributed by atoms with Gasteiger partial charge < -0.3 is 19.4 Å². The minimum Gasteiger partial charge on any atom is -0.515 e. The Hall–Kier alpha value is -0.675.